The number of benzene rings is 1. The number of alkyl halides is 3. The van der Waals surface area contributed by atoms with Crippen LogP contribution in [0.1, 0.15) is 36.1 Å². The summed E-state index contributed by atoms with van der Waals surface area (Å²) < 4.78 is 48.8. The molecule has 0 radical (unpaired) electrons. The van der Waals surface area contributed by atoms with Crippen LogP contribution in [0.4, 0.5) is 13.2 Å². The summed E-state index contributed by atoms with van der Waals surface area (Å²) in [4.78, 5) is 16.6. The maximum absolute atomic E-state index is 13.9. The first-order chi connectivity index (χ1) is 18.8. The first-order valence-corrected chi connectivity index (χ1v) is 14.7. The van der Waals surface area contributed by atoms with Crippen molar-refractivity contribution < 1.29 is 27.8 Å². The summed E-state index contributed by atoms with van der Waals surface area (Å²) in [5.74, 6) is -0.279. The SMILES string of the molecule is O=C(CSc1cc(-c2nn(CC(O)CN3CCCCC3)c3c2CNCC3)ccc1C(F)(F)F)N1CCOCC1. The van der Waals surface area contributed by atoms with Gasteiger partial charge in [0, 0.05) is 60.9 Å². The van der Waals surface area contributed by atoms with Crippen LogP contribution in [0.15, 0.2) is 23.1 Å². The largest absolute Gasteiger partial charge is 0.417 e. The Morgan fingerprint density at radius 2 is 1.90 bits per heavy atom. The molecule has 8 nitrogen and oxygen atoms in total. The predicted octanol–water partition coefficient (Wildman–Crippen LogP) is 3.01. The lowest BCUT2D eigenvalue weighted by Gasteiger charge is -2.28. The molecule has 0 saturated carbocycles. The molecule has 1 aromatic carbocycles. The van der Waals surface area contributed by atoms with Crippen molar-refractivity contribution in [3.05, 3.63) is 35.0 Å². The van der Waals surface area contributed by atoms with Gasteiger partial charge < -0.3 is 25.0 Å². The molecule has 1 aromatic heterocycles. The van der Waals surface area contributed by atoms with E-state index < -0.39 is 17.8 Å². The fraction of sp³-hybridized carbons (Fsp3) is 0.630. The molecular formula is C27H36F3N5O3S. The summed E-state index contributed by atoms with van der Waals surface area (Å²) in [5, 5.41) is 19.0. The van der Waals surface area contributed by atoms with Crippen molar-refractivity contribution in [3.8, 4) is 11.3 Å². The van der Waals surface area contributed by atoms with Gasteiger partial charge in [0.25, 0.3) is 0 Å². The Kier molecular flexibility index (Phi) is 9.17. The Morgan fingerprint density at radius 1 is 1.13 bits per heavy atom. The first-order valence-electron chi connectivity index (χ1n) is 13.7. The van der Waals surface area contributed by atoms with Crippen LogP contribution < -0.4 is 5.32 Å². The van der Waals surface area contributed by atoms with Crippen molar-refractivity contribution in [1.29, 1.82) is 0 Å². The number of aliphatic hydroxyl groups is 1. The third-order valence-corrected chi connectivity index (χ3v) is 8.62. The average molecular weight is 568 g/mol. The molecule has 1 amide bonds. The number of aromatic nitrogens is 2. The molecule has 214 valence electrons. The Bertz CT molecular complexity index is 1150. The molecule has 3 aliphatic heterocycles. The van der Waals surface area contributed by atoms with E-state index in [2.05, 4.69) is 10.2 Å². The molecule has 3 aliphatic rings. The van der Waals surface area contributed by atoms with Crippen LogP contribution in [0.2, 0.25) is 0 Å². The molecule has 1 atom stereocenters. The van der Waals surface area contributed by atoms with Crippen LogP contribution in [0, 0.1) is 0 Å². The Morgan fingerprint density at radius 3 is 2.64 bits per heavy atom. The molecule has 0 aliphatic carbocycles. The van der Waals surface area contributed by atoms with E-state index in [1.54, 1.807) is 4.90 Å². The molecule has 5 rings (SSSR count). The number of nitrogens with one attached hydrogen (secondary N) is 1. The molecule has 2 N–H and O–H groups in total. The van der Waals surface area contributed by atoms with Gasteiger partial charge in [0.15, 0.2) is 0 Å². The second-order valence-corrected chi connectivity index (χ2v) is 11.4. The van der Waals surface area contributed by atoms with Gasteiger partial charge in [-0.15, -0.1) is 11.8 Å². The molecular weight excluding hydrogens is 531 g/mol. The van der Waals surface area contributed by atoms with Crippen molar-refractivity contribution >= 4 is 17.7 Å². The summed E-state index contributed by atoms with van der Waals surface area (Å²) >= 11 is 0.911. The van der Waals surface area contributed by atoms with Crippen LogP contribution in [0.25, 0.3) is 11.3 Å². The molecule has 2 aromatic rings. The molecule has 1 unspecified atom stereocenters. The van der Waals surface area contributed by atoms with E-state index in [1.165, 1.54) is 18.6 Å². The van der Waals surface area contributed by atoms with Crippen molar-refractivity contribution in [2.75, 3.05) is 58.2 Å². The first kappa shape index (κ1) is 28.4. The van der Waals surface area contributed by atoms with E-state index in [1.807, 2.05) is 4.68 Å². The second kappa shape index (κ2) is 12.6. The zero-order valence-corrected chi connectivity index (χ0v) is 22.8. The normalized spacial score (nSPS) is 19.6. The lowest BCUT2D eigenvalue weighted by Crippen LogP contribution is -2.41. The Balaban J connectivity index is 1.38. The van der Waals surface area contributed by atoms with Crippen LogP contribution >= 0.6 is 11.8 Å². The fourth-order valence-electron chi connectivity index (χ4n) is 5.57. The Hall–Kier alpha value is -2.12. The highest BCUT2D eigenvalue weighted by molar-refractivity contribution is 8.00. The smallest absolute Gasteiger partial charge is 0.390 e. The van der Waals surface area contributed by atoms with E-state index in [0.29, 0.717) is 57.2 Å². The monoisotopic (exact) mass is 567 g/mol. The number of hydrogen-bond donors (Lipinski definition) is 2. The highest BCUT2D eigenvalue weighted by Gasteiger charge is 2.34. The third kappa shape index (κ3) is 6.97. The molecule has 0 bridgehead atoms. The number of amides is 1. The number of rotatable bonds is 8. The predicted molar refractivity (Wildman–Crippen MR) is 142 cm³/mol. The molecule has 0 spiro atoms. The standard InChI is InChI=1S/C27H36F3N5O3S/c28-27(29,30)22-5-4-19(14-24(22)39-18-25(37)34-10-12-38-13-11-34)26-21-15-31-7-6-23(21)35(32-26)17-20(36)16-33-8-2-1-3-9-33/h4-5,14,20,31,36H,1-3,6-13,15-18H2. The van der Waals surface area contributed by atoms with E-state index >= 15 is 0 Å². The maximum atomic E-state index is 13.9. The number of morpholine rings is 1. The van der Waals surface area contributed by atoms with E-state index in [-0.39, 0.29) is 16.6 Å². The van der Waals surface area contributed by atoms with Gasteiger partial charge in [-0.2, -0.15) is 18.3 Å². The number of carbonyl (C=O) groups excluding carboxylic acids is 1. The lowest BCUT2D eigenvalue weighted by molar-refractivity contribution is -0.139. The summed E-state index contributed by atoms with van der Waals surface area (Å²) in [6, 6.07) is 4.05. The number of halogens is 3. The van der Waals surface area contributed by atoms with Gasteiger partial charge in [0.05, 0.1) is 42.9 Å². The molecule has 4 heterocycles. The van der Waals surface area contributed by atoms with Gasteiger partial charge in [0.1, 0.15) is 0 Å². The summed E-state index contributed by atoms with van der Waals surface area (Å²) in [6.07, 6.45) is -0.876. The van der Waals surface area contributed by atoms with Gasteiger partial charge in [-0.1, -0.05) is 12.5 Å². The number of carbonyl (C=O) groups is 1. The van der Waals surface area contributed by atoms with Gasteiger partial charge in [0.2, 0.25) is 5.91 Å². The number of nitrogens with zero attached hydrogens (tertiary/aromatic N) is 4. The van der Waals surface area contributed by atoms with E-state index in [0.717, 1.165) is 68.0 Å². The Labute approximate surface area is 230 Å². The summed E-state index contributed by atoms with van der Waals surface area (Å²) in [5.41, 5.74) is 2.41. The topological polar surface area (TPSA) is 82.9 Å². The van der Waals surface area contributed by atoms with Crippen molar-refractivity contribution in [1.82, 2.24) is 24.9 Å². The van der Waals surface area contributed by atoms with Crippen LogP contribution in [-0.4, -0.2) is 94.9 Å². The second-order valence-electron chi connectivity index (χ2n) is 10.4. The third-order valence-electron chi connectivity index (χ3n) is 7.58. The number of aliphatic hydroxyl groups excluding tert-OH is 1. The number of piperidine rings is 1. The molecule has 2 fully saturated rings. The molecule has 39 heavy (non-hydrogen) atoms. The van der Waals surface area contributed by atoms with Crippen LogP contribution in [-0.2, 0) is 35.2 Å². The highest BCUT2D eigenvalue weighted by Crippen LogP contribution is 2.40. The quantitative estimate of drug-likeness (QED) is 0.475. The summed E-state index contributed by atoms with van der Waals surface area (Å²) in [7, 11) is 0. The average Bonchev–Trinajstić information content (AvgIpc) is 3.30. The van der Waals surface area contributed by atoms with Gasteiger partial charge in [-0.25, -0.2) is 0 Å². The zero-order valence-electron chi connectivity index (χ0n) is 22.0. The fourth-order valence-corrected chi connectivity index (χ4v) is 6.58. The molecule has 12 heteroatoms. The molecule has 2 saturated heterocycles. The highest BCUT2D eigenvalue weighted by atomic mass is 32.2. The number of thioether (sulfide) groups is 1. The van der Waals surface area contributed by atoms with Crippen molar-refractivity contribution in [2.24, 2.45) is 0 Å². The number of hydrogen-bond acceptors (Lipinski definition) is 7. The minimum Gasteiger partial charge on any atom is -0.390 e. The van der Waals surface area contributed by atoms with Gasteiger partial charge >= 0.3 is 6.18 Å². The van der Waals surface area contributed by atoms with Crippen LogP contribution in [0.3, 0.4) is 0 Å². The summed E-state index contributed by atoms with van der Waals surface area (Å²) in [6.45, 7) is 6.02. The lowest BCUT2D eigenvalue weighted by atomic mass is 10.0. The maximum Gasteiger partial charge on any atom is 0.417 e. The number of β-amino-alcohol motifs (C(OH)–C–C–N with tert-alkyl or cyclic N) is 1. The van der Waals surface area contributed by atoms with Gasteiger partial charge in [-0.3, -0.25) is 9.48 Å². The van der Waals surface area contributed by atoms with E-state index in [4.69, 9.17) is 9.84 Å². The van der Waals surface area contributed by atoms with Crippen molar-refractivity contribution in [3.63, 3.8) is 0 Å². The minimum atomic E-state index is -4.54. The minimum absolute atomic E-state index is 0.0128. The number of ether oxygens (including phenoxy) is 1. The van der Waals surface area contributed by atoms with E-state index in [9.17, 15) is 23.1 Å². The zero-order chi connectivity index (χ0) is 27.4. The van der Waals surface area contributed by atoms with Crippen molar-refractivity contribution in [2.45, 2.75) is 55.9 Å². The van der Waals surface area contributed by atoms with Crippen LogP contribution in [0.5, 0.6) is 0 Å². The number of fused-ring (bicyclic) bond motifs is 1. The van der Waals surface area contributed by atoms with Gasteiger partial charge in [-0.05, 0) is 38.1 Å². The number of likely N-dealkylation sites (tertiary alicyclic amines) is 1.